The zero-order valence-electron chi connectivity index (χ0n) is 13.4. The molecular weight excluding hydrogens is 374 g/mol. The highest BCUT2D eigenvalue weighted by atomic mass is 79.9. The quantitative estimate of drug-likeness (QED) is 0.757. The van der Waals surface area contributed by atoms with Gasteiger partial charge in [0.1, 0.15) is 12.4 Å². The van der Waals surface area contributed by atoms with Crippen molar-refractivity contribution in [2.45, 2.75) is 19.1 Å². The van der Waals surface area contributed by atoms with Crippen LogP contribution in [0.1, 0.15) is 11.1 Å². The average Bonchev–Trinajstić information content (AvgIpc) is 2.60. The number of alkyl carbamates (subject to hydrolysis) is 1. The number of carbonyl (C=O) groups is 1. The highest BCUT2D eigenvalue weighted by Crippen LogP contribution is 2.24. The molecule has 0 aliphatic rings. The molecule has 0 fully saturated rings. The zero-order chi connectivity index (χ0) is 17.4. The van der Waals surface area contributed by atoms with Crippen LogP contribution in [0.3, 0.4) is 0 Å². The molecule has 24 heavy (non-hydrogen) atoms. The Morgan fingerprint density at radius 2 is 2.00 bits per heavy atom. The summed E-state index contributed by atoms with van der Waals surface area (Å²) in [5.41, 5.74) is 1.79. The Bertz CT molecular complexity index is 663. The number of nitrogens with one attached hydrogen (secondary N) is 1. The normalized spacial score (nSPS) is 11.6. The van der Waals surface area contributed by atoms with Crippen molar-refractivity contribution in [3.8, 4) is 5.75 Å². The molecule has 0 aliphatic carbocycles. The standard InChI is InChI=1S/C18H20BrNO4/c1-23-17-8-7-15(19)9-14(17)10-16(11-21)20-18(22)24-12-13-5-3-2-4-6-13/h2-9,16,21H,10-12H2,1H3,(H,20,22)/t16-/m0/s1. The molecule has 0 bridgehead atoms. The van der Waals surface area contributed by atoms with E-state index in [1.807, 2.05) is 48.5 Å². The lowest BCUT2D eigenvalue weighted by molar-refractivity contribution is 0.129. The minimum atomic E-state index is -0.563. The van der Waals surface area contributed by atoms with Gasteiger partial charge >= 0.3 is 6.09 Å². The number of benzene rings is 2. The van der Waals surface area contributed by atoms with E-state index >= 15 is 0 Å². The molecule has 2 rings (SSSR count). The number of halogens is 1. The summed E-state index contributed by atoms with van der Waals surface area (Å²) in [6.07, 6.45) is -0.133. The van der Waals surface area contributed by atoms with Crippen molar-refractivity contribution in [3.05, 3.63) is 64.1 Å². The second-order valence-electron chi connectivity index (χ2n) is 5.25. The Balaban J connectivity index is 1.92. The van der Waals surface area contributed by atoms with E-state index in [0.717, 1.165) is 15.6 Å². The molecule has 0 saturated carbocycles. The summed E-state index contributed by atoms with van der Waals surface area (Å²) in [5, 5.41) is 12.2. The summed E-state index contributed by atoms with van der Waals surface area (Å²) in [6, 6.07) is 14.6. The van der Waals surface area contributed by atoms with Gasteiger partial charge in [-0.1, -0.05) is 46.3 Å². The van der Waals surface area contributed by atoms with E-state index in [2.05, 4.69) is 21.2 Å². The number of amides is 1. The van der Waals surface area contributed by atoms with Crippen LogP contribution < -0.4 is 10.1 Å². The van der Waals surface area contributed by atoms with Gasteiger partial charge in [0.25, 0.3) is 0 Å². The van der Waals surface area contributed by atoms with Crippen molar-refractivity contribution < 1.29 is 19.4 Å². The van der Waals surface area contributed by atoms with Crippen LogP contribution in [-0.2, 0) is 17.8 Å². The molecule has 1 atom stereocenters. The third kappa shape index (κ3) is 5.54. The van der Waals surface area contributed by atoms with Crippen molar-refractivity contribution in [1.82, 2.24) is 5.32 Å². The first-order valence-corrected chi connectivity index (χ1v) is 8.32. The van der Waals surface area contributed by atoms with Gasteiger partial charge in [0, 0.05) is 4.47 Å². The first-order valence-electron chi connectivity index (χ1n) is 7.53. The number of carbonyl (C=O) groups excluding carboxylic acids is 1. The van der Waals surface area contributed by atoms with Gasteiger partial charge in [-0.25, -0.2) is 4.79 Å². The molecule has 2 N–H and O–H groups in total. The van der Waals surface area contributed by atoms with Crippen molar-refractivity contribution >= 4 is 22.0 Å². The van der Waals surface area contributed by atoms with Crippen LogP contribution in [-0.4, -0.2) is 31.0 Å². The van der Waals surface area contributed by atoms with Crippen LogP contribution in [0.4, 0.5) is 4.79 Å². The number of aliphatic hydroxyl groups is 1. The Labute approximate surface area is 149 Å². The molecule has 6 heteroatoms. The average molecular weight is 394 g/mol. The molecule has 2 aromatic carbocycles. The minimum absolute atomic E-state index is 0.186. The number of rotatable bonds is 7. The fourth-order valence-corrected chi connectivity index (χ4v) is 2.67. The van der Waals surface area contributed by atoms with Crippen LogP contribution in [0.25, 0.3) is 0 Å². The fourth-order valence-electron chi connectivity index (χ4n) is 2.26. The van der Waals surface area contributed by atoms with Gasteiger partial charge in [-0.2, -0.15) is 0 Å². The van der Waals surface area contributed by atoms with Gasteiger partial charge in [0.05, 0.1) is 19.8 Å². The number of hydrogen-bond donors (Lipinski definition) is 2. The Hall–Kier alpha value is -2.05. The van der Waals surface area contributed by atoms with Gasteiger partial charge < -0.3 is 19.9 Å². The summed E-state index contributed by atoms with van der Waals surface area (Å²) in [7, 11) is 1.59. The SMILES string of the molecule is COc1ccc(Br)cc1C[C@@H](CO)NC(=O)OCc1ccccc1. The molecule has 0 saturated heterocycles. The smallest absolute Gasteiger partial charge is 0.407 e. The Kier molecular flexibility index (Phi) is 7.08. The van der Waals surface area contributed by atoms with Gasteiger partial charge in [-0.15, -0.1) is 0 Å². The molecule has 0 aliphatic heterocycles. The predicted molar refractivity (Wildman–Crippen MR) is 95.0 cm³/mol. The maximum absolute atomic E-state index is 11.9. The second-order valence-corrected chi connectivity index (χ2v) is 6.16. The molecule has 5 nitrogen and oxygen atoms in total. The summed E-state index contributed by atoms with van der Waals surface area (Å²) < 4.78 is 11.4. The Morgan fingerprint density at radius 3 is 2.67 bits per heavy atom. The first kappa shape index (κ1) is 18.3. The van der Waals surface area contributed by atoms with E-state index in [0.29, 0.717) is 12.2 Å². The second kappa shape index (κ2) is 9.30. The van der Waals surface area contributed by atoms with Crippen molar-refractivity contribution in [2.75, 3.05) is 13.7 Å². The van der Waals surface area contributed by atoms with Crippen LogP contribution >= 0.6 is 15.9 Å². The maximum Gasteiger partial charge on any atom is 0.407 e. The Morgan fingerprint density at radius 1 is 1.25 bits per heavy atom. The van der Waals surface area contributed by atoms with E-state index < -0.39 is 12.1 Å². The molecule has 1 amide bonds. The summed E-state index contributed by atoms with van der Waals surface area (Å²) >= 11 is 3.41. The highest BCUT2D eigenvalue weighted by molar-refractivity contribution is 9.10. The molecule has 0 aromatic heterocycles. The van der Waals surface area contributed by atoms with E-state index in [1.54, 1.807) is 7.11 Å². The lowest BCUT2D eigenvalue weighted by Crippen LogP contribution is -2.39. The third-order valence-electron chi connectivity index (χ3n) is 3.46. The molecule has 0 unspecified atom stereocenters. The zero-order valence-corrected chi connectivity index (χ0v) is 15.0. The number of methoxy groups -OCH3 is 1. The van der Waals surface area contributed by atoms with Gasteiger partial charge in [-0.3, -0.25) is 0 Å². The molecule has 2 aromatic rings. The summed E-state index contributed by atoms with van der Waals surface area (Å²) in [4.78, 5) is 11.9. The molecular formula is C18H20BrNO4. The highest BCUT2D eigenvalue weighted by Gasteiger charge is 2.16. The molecule has 0 spiro atoms. The van der Waals surface area contributed by atoms with Gasteiger partial charge in [-0.05, 0) is 35.7 Å². The number of hydrogen-bond acceptors (Lipinski definition) is 4. The van der Waals surface area contributed by atoms with Crippen LogP contribution in [0, 0.1) is 0 Å². The van der Waals surface area contributed by atoms with Gasteiger partial charge in [0.15, 0.2) is 0 Å². The van der Waals surface area contributed by atoms with E-state index in [-0.39, 0.29) is 13.2 Å². The van der Waals surface area contributed by atoms with Crippen LogP contribution in [0.2, 0.25) is 0 Å². The fraction of sp³-hybridized carbons (Fsp3) is 0.278. The predicted octanol–water partition coefficient (Wildman–Crippen LogP) is 3.29. The van der Waals surface area contributed by atoms with E-state index in [1.165, 1.54) is 0 Å². The summed E-state index contributed by atoms with van der Waals surface area (Å²) in [6.45, 7) is -0.0128. The molecule has 0 radical (unpaired) electrons. The van der Waals surface area contributed by atoms with Crippen molar-refractivity contribution in [3.63, 3.8) is 0 Å². The minimum Gasteiger partial charge on any atom is -0.496 e. The van der Waals surface area contributed by atoms with Crippen LogP contribution in [0.15, 0.2) is 53.0 Å². The number of aliphatic hydroxyl groups excluding tert-OH is 1. The van der Waals surface area contributed by atoms with Crippen molar-refractivity contribution in [1.29, 1.82) is 0 Å². The first-order chi connectivity index (χ1) is 11.6. The monoisotopic (exact) mass is 393 g/mol. The molecule has 0 heterocycles. The molecule has 128 valence electrons. The topological polar surface area (TPSA) is 67.8 Å². The summed E-state index contributed by atoms with van der Waals surface area (Å²) in [5.74, 6) is 0.705. The lowest BCUT2D eigenvalue weighted by atomic mass is 10.1. The van der Waals surface area contributed by atoms with Crippen molar-refractivity contribution in [2.24, 2.45) is 0 Å². The van der Waals surface area contributed by atoms with Crippen LogP contribution in [0.5, 0.6) is 5.75 Å². The third-order valence-corrected chi connectivity index (χ3v) is 3.96. The van der Waals surface area contributed by atoms with Gasteiger partial charge in [0.2, 0.25) is 0 Å². The maximum atomic E-state index is 11.9. The number of ether oxygens (including phenoxy) is 2. The van der Waals surface area contributed by atoms with E-state index in [4.69, 9.17) is 9.47 Å². The lowest BCUT2D eigenvalue weighted by Gasteiger charge is -2.18. The largest absolute Gasteiger partial charge is 0.496 e. The van der Waals surface area contributed by atoms with E-state index in [9.17, 15) is 9.90 Å².